The maximum absolute atomic E-state index is 11.9. The second kappa shape index (κ2) is 10.1. The quantitative estimate of drug-likeness (QED) is 0.295. The van der Waals surface area contributed by atoms with Crippen molar-refractivity contribution in [3.8, 4) is 11.3 Å². The summed E-state index contributed by atoms with van der Waals surface area (Å²) in [6.45, 7) is 0.719. The second-order valence-electron chi connectivity index (χ2n) is 6.83. The van der Waals surface area contributed by atoms with Gasteiger partial charge in [0.25, 0.3) is 0 Å². The van der Waals surface area contributed by atoms with Crippen molar-refractivity contribution in [2.24, 2.45) is 15.9 Å². The van der Waals surface area contributed by atoms with Gasteiger partial charge in [-0.3, -0.25) is 9.98 Å². The molecule has 11 heteroatoms. The summed E-state index contributed by atoms with van der Waals surface area (Å²) in [5, 5.41) is 3.75. The van der Waals surface area contributed by atoms with Crippen molar-refractivity contribution in [2.75, 3.05) is 19.1 Å². The van der Waals surface area contributed by atoms with Gasteiger partial charge in [0.2, 0.25) is 5.95 Å². The summed E-state index contributed by atoms with van der Waals surface area (Å²) in [6, 6.07) is 13.6. The number of methoxy groups -OCH3 is 1. The fourth-order valence-electron chi connectivity index (χ4n) is 2.87. The molecule has 0 aliphatic carbocycles. The summed E-state index contributed by atoms with van der Waals surface area (Å²) in [4.78, 5) is 17.4. The normalized spacial score (nSPS) is 12.4. The monoisotopic (exact) mass is 453 g/mol. The number of ether oxygens (including phenoxy) is 1. The van der Waals surface area contributed by atoms with Crippen LogP contribution in [0.4, 0.5) is 5.95 Å². The number of nitrogens with two attached hydrogens (primary N) is 2. The van der Waals surface area contributed by atoms with Gasteiger partial charge in [-0.05, 0) is 30.3 Å². The van der Waals surface area contributed by atoms with Gasteiger partial charge in [0.15, 0.2) is 9.84 Å². The minimum atomic E-state index is -3.37. The van der Waals surface area contributed by atoms with Gasteiger partial charge >= 0.3 is 0 Å². The lowest BCUT2D eigenvalue weighted by Crippen LogP contribution is -2.11. The average Bonchev–Trinajstić information content (AvgIpc) is 2.76. The average molecular weight is 454 g/mol. The first kappa shape index (κ1) is 23.0. The van der Waals surface area contributed by atoms with E-state index >= 15 is 0 Å². The van der Waals surface area contributed by atoms with Gasteiger partial charge in [-0.25, -0.2) is 18.4 Å². The van der Waals surface area contributed by atoms with E-state index in [1.165, 1.54) is 18.3 Å². The largest absolute Gasteiger partial charge is 0.378 e. The Morgan fingerprint density at radius 3 is 2.56 bits per heavy atom. The van der Waals surface area contributed by atoms with Crippen LogP contribution in [0.15, 0.2) is 63.5 Å². The van der Waals surface area contributed by atoms with Crippen molar-refractivity contribution in [3.63, 3.8) is 0 Å². The summed E-state index contributed by atoms with van der Waals surface area (Å²) < 4.78 is 28.8. The number of pyridine rings is 1. The molecule has 0 aliphatic heterocycles. The van der Waals surface area contributed by atoms with E-state index in [0.717, 1.165) is 17.6 Å². The van der Waals surface area contributed by atoms with Crippen LogP contribution in [0.3, 0.4) is 0 Å². The van der Waals surface area contributed by atoms with Crippen molar-refractivity contribution in [1.29, 1.82) is 0 Å². The Hall–Kier alpha value is -3.70. The molecule has 0 radical (unpaired) electrons. The molecule has 3 rings (SSSR count). The van der Waals surface area contributed by atoms with Crippen LogP contribution in [0.25, 0.3) is 11.3 Å². The lowest BCUT2D eigenvalue weighted by atomic mass is 10.1. The molecule has 0 amide bonds. The SMILES string of the molecule is COCc1cccc(CN=CC(=NN)c2cc(-c3cccc(S(C)(=O)=O)c3)nc(N)n2)n1. The summed E-state index contributed by atoms with van der Waals surface area (Å²) in [7, 11) is -1.77. The fourth-order valence-corrected chi connectivity index (χ4v) is 3.53. The first-order valence-corrected chi connectivity index (χ1v) is 11.4. The molecule has 2 aromatic heterocycles. The maximum Gasteiger partial charge on any atom is 0.221 e. The molecule has 0 aliphatic rings. The molecular weight excluding hydrogens is 430 g/mol. The first-order chi connectivity index (χ1) is 15.3. The van der Waals surface area contributed by atoms with Crippen molar-refractivity contribution in [1.82, 2.24) is 15.0 Å². The van der Waals surface area contributed by atoms with E-state index in [4.69, 9.17) is 16.3 Å². The fraction of sp³-hybridized carbons (Fsp3) is 0.190. The molecule has 2 heterocycles. The van der Waals surface area contributed by atoms with Gasteiger partial charge in [-0.2, -0.15) is 5.10 Å². The number of sulfone groups is 1. The first-order valence-electron chi connectivity index (χ1n) is 9.47. The molecule has 32 heavy (non-hydrogen) atoms. The van der Waals surface area contributed by atoms with Gasteiger partial charge in [0.05, 0.1) is 47.0 Å². The lowest BCUT2D eigenvalue weighted by Gasteiger charge is -2.07. The van der Waals surface area contributed by atoms with Crippen LogP contribution in [-0.2, 0) is 27.7 Å². The number of nitrogen functional groups attached to an aromatic ring is 1. The van der Waals surface area contributed by atoms with E-state index in [0.29, 0.717) is 30.1 Å². The van der Waals surface area contributed by atoms with E-state index < -0.39 is 9.84 Å². The number of hydrogen-bond donors (Lipinski definition) is 2. The van der Waals surface area contributed by atoms with Crippen LogP contribution in [0, 0.1) is 0 Å². The summed E-state index contributed by atoms with van der Waals surface area (Å²) in [5.74, 6) is 5.54. The molecule has 0 fully saturated rings. The van der Waals surface area contributed by atoms with Crippen LogP contribution in [-0.4, -0.2) is 48.7 Å². The van der Waals surface area contributed by atoms with E-state index in [1.54, 1.807) is 25.3 Å². The minimum Gasteiger partial charge on any atom is -0.378 e. The molecule has 4 N–H and O–H groups in total. The maximum atomic E-state index is 11.9. The number of benzene rings is 1. The van der Waals surface area contributed by atoms with Crippen molar-refractivity contribution < 1.29 is 13.2 Å². The molecule has 0 saturated carbocycles. The topological polar surface area (TPSA) is 159 Å². The highest BCUT2D eigenvalue weighted by Gasteiger charge is 2.12. The van der Waals surface area contributed by atoms with E-state index in [-0.39, 0.29) is 16.6 Å². The molecule has 3 aromatic rings. The van der Waals surface area contributed by atoms with Crippen molar-refractivity contribution in [3.05, 3.63) is 65.6 Å². The van der Waals surface area contributed by atoms with Gasteiger partial charge in [-0.15, -0.1) is 0 Å². The van der Waals surface area contributed by atoms with Crippen LogP contribution in [0.2, 0.25) is 0 Å². The number of aliphatic imine (C=N–C) groups is 1. The van der Waals surface area contributed by atoms with E-state index in [2.05, 4.69) is 25.0 Å². The Kier molecular flexibility index (Phi) is 7.23. The Bertz CT molecular complexity index is 1270. The van der Waals surface area contributed by atoms with Crippen molar-refractivity contribution in [2.45, 2.75) is 18.0 Å². The number of rotatable bonds is 8. The zero-order valence-corrected chi connectivity index (χ0v) is 18.5. The number of hydrogen-bond acceptors (Lipinski definition) is 10. The number of aromatic nitrogens is 3. The second-order valence-corrected chi connectivity index (χ2v) is 8.85. The van der Waals surface area contributed by atoms with Crippen LogP contribution < -0.4 is 11.6 Å². The summed E-state index contributed by atoms with van der Waals surface area (Å²) in [5.41, 5.74) is 9.07. The lowest BCUT2D eigenvalue weighted by molar-refractivity contribution is 0.181. The van der Waals surface area contributed by atoms with Crippen LogP contribution >= 0.6 is 0 Å². The Morgan fingerprint density at radius 1 is 1.09 bits per heavy atom. The third-order valence-electron chi connectivity index (χ3n) is 4.33. The third-order valence-corrected chi connectivity index (χ3v) is 5.44. The minimum absolute atomic E-state index is 0.00857. The molecule has 0 atom stereocenters. The molecule has 1 aromatic carbocycles. The van der Waals surface area contributed by atoms with Crippen molar-refractivity contribution >= 4 is 27.7 Å². The van der Waals surface area contributed by atoms with Gasteiger partial charge in [0, 0.05) is 18.9 Å². The van der Waals surface area contributed by atoms with Gasteiger partial charge in [0.1, 0.15) is 5.71 Å². The van der Waals surface area contributed by atoms with Crippen LogP contribution in [0.5, 0.6) is 0 Å². The van der Waals surface area contributed by atoms with E-state index in [9.17, 15) is 8.42 Å². The number of hydrazone groups is 1. The molecular formula is C21H23N7O3S. The zero-order chi connectivity index (χ0) is 23.1. The highest BCUT2D eigenvalue weighted by molar-refractivity contribution is 7.90. The van der Waals surface area contributed by atoms with E-state index in [1.807, 2.05) is 18.2 Å². The van der Waals surface area contributed by atoms with Gasteiger partial charge < -0.3 is 16.3 Å². The molecule has 0 spiro atoms. The predicted octanol–water partition coefficient (Wildman–Crippen LogP) is 1.60. The highest BCUT2D eigenvalue weighted by atomic mass is 32.2. The number of nitrogens with zero attached hydrogens (tertiary/aromatic N) is 5. The standard InChI is InChI=1S/C21H23N7O3S/c1-31-13-16-7-4-6-15(25-16)11-24-12-20(28-23)19-10-18(26-21(22)27-19)14-5-3-8-17(9-14)32(2,29)30/h3-10,12H,11,13,23H2,1-2H3,(H2,22,26,27). The zero-order valence-electron chi connectivity index (χ0n) is 17.6. The highest BCUT2D eigenvalue weighted by Crippen LogP contribution is 2.22. The molecule has 0 saturated heterocycles. The Labute approximate surface area is 186 Å². The van der Waals surface area contributed by atoms with Gasteiger partial charge in [-0.1, -0.05) is 18.2 Å². The smallest absolute Gasteiger partial charge is 0.221 e. The molecule has 0 unspecified atom stereocenters. The summed E-state index contributed by atoms with van der Waals surface area (Å²) >= 11 is 0. The Balaban J connectivity index is 1.86. The molecule has 10 nitrogen and oxygen atoms in total. The third kappa shape index (κ3) is 5.93. The Morgan fingerprint density at radius 2 is 1.84 bits per heavy atom. The predicted molar refractivity (Wildman–Crippen MR) is 123 cm³/mol. The van der Waals surface area contributed by atoms with Crippen LogP contribution in [0.1, 0.15) is 17.1 Å². The number of anilines is 1. The summed E-state index contributed by atoms with van der Waals surface area (Å²) in [6.07, 6.45) is 2.62. The molecule has 166 valence electrons. The molecule has 0 bridgehead atoms.